The topological polar surface area (TPSA) is 70.4 Å². The van der Waals surface area contributed by atoms with Gasteiger partial charge in [0.1, 0.15) is 0 Å². The number of likely N-dealkylation sites (N-methyl/N-ethyl adjacent to an activating group) is 1. The zero-order chi connectivity index (χ0) is 21.3. The minimum Gasteiger partial charge on any atom is -0.378 e. The summed E-state index contributed by atoms with van der Waals surface area (Å²) in [6.45, 7) is 5.05. The van der Waals surface area contributed by atoms with Crippen LogP contribution in [0.4, 0.5) is 5.69 Å². The number of aromatic nitrogens is 4. The number of nitrogens with zero attached hydrogens (tertiary/aromatic N) is 7. The molecule has 30 heavy (non-hydrogen) atoms. The highest BCUT2D eigenvalue weighted by atomic mass is 16.2. The van der Waals surface area contributed by atoms with Gasteiger partial charge < -0.3 is 14.7 Å². The van der Waals surface area contributed by atoms with Crippen molar-refractivity contribution in [3.8, 4) is 17.1 Å². The summed E-state index contributed by atoms with van der Waals surface area (Å²) >= 11 is 0. The van der Waals surface area contributed by atoms with E-state index in [-0.39, 0.29) is 5.91 Å². The fourth-order valence-corrected chi connectivity index (χ4v) is 3.47. The summed E-state index contributed by atoms with van der Waals surface area (Å²) in [4.78, 5) is 19.3. The summed E-state index contributed by atoms with van der Waals surface area (Å²) in [5.74, 6) is 0.540. The summed E-state index contributed by atoms with van der Waals surface area (Å²) in [7, 11) is 6.09. The van der Waals surface area contributed by atoms with Crippen LogP contribution in [0.15, 0.2) is 42.5 Å². The van der Waals surface area contributed by atoms with Gasteiger partial charge in [0.15, 0.2) is 11.5 Å². The van der Waals surface area contributed by atoms with Crippen molar-refractivity contribution in [2.75, 3.05) is 52.2 Å². The van der Waals surface area contributed by atoms with Crippen LogP contribution >= 0.6 is 0 Å². The molecule has 0 spiro atoms. The molecule has 0 bridgehead atoms. The second-order valence-corrected chi connectivity index (χ2v) is 7.90. The molecule has 0 radical (unpaired) electrons. The summed E-state index contributed by atoms with van der Waals surface area (Å²) in [5.41, 5.74) is 4.14. The normalized spacial score (nSPS) is 14.7. The molecule has 1 saturated heterocycles. The molecule has 1 fully saturated rings. The van der Waals surface area contributed by atoms with Crippen LogP contribution in [-0.2, 0) is 0 Å². The number of anilines is 1. The standard InChI is InChI=1S/C22H27N7O/c1-16-5-10-21(24-23-16)29-20(17-6-8-18(9-7-17)26(2)3)15-19(25-29)22(30)28-13-11-27(4)12-14-28/h5-10,15H,11-14H2,1-4H3. The van der Waals surface area contributed by atoms with Crippen LogP contribution in [0.3, 0.4) is 0 Å². The van der Waals surface area contributed by atoms with Gasteiger partial charge in [-0.2, -0.15) is 10.2 Å². The lowest BCUT2D eigenvalue weighted by Crippen LogP contribution is -2.47. The van der Waals surface area contributed by atoms with Gasteiger partial charge in [-0.05, 0) is 44.3 Å². The average Bonchev–Trinajstić information content (AvgIpc) is 3.20. The van der Waals surface area contributed by atoms with Gasteiger partial charge in [0, 0.05) is 51.5 Å². The first-order valence-electron chi connectivity index (χ1n) is 10.1. The molecule has 3 heterocycles. The van der Waals surface area contributed by atoms with E-state index < -0.39 is 0 Å². The Morgan fingerprint density at radius 3 is 2.27 bits per heavy atom. The van der Waals surface area contributed by atoms with Gasteiger partial charge in [-0.15, -0.1) is 5.10 Å². The lowest BCUT2D eigenvalue weighted by Gasteiger charge is -2.31. The zero-order valence-corrected chi connectivity index (χ0v) is 17.9. The Morgan fingerprint density at radius 1 is 0.967 bits per heavy atom. The molecule has 4 rings (SSSR count). The predicted molar refractivity (Wildman–Crippen MR) is 117 cm³/mol. The Kier molecular flexibility index (Phi) is 5.50. The molecule has 2 aromatic heterocycles. The van der Waals surface area contributed by atoms with E-state index in [2.05, 4.69) is 44.3 Å². The molecular weight excluding hydrogens is 378 g/mol. The van der Waals surface area contributed by atoms with E-state index in [0.717, 1.165) is 35.7 Å². The van der Waals surface area contributed by atoms with Crippen LogP contribution in [0.5, 0.6) is 0 Å². The fourth-order valence-electron chi connectivity index (χ4n) is 3.47. The molecule has 0 atom stereocenters. The SMILES string of the molecule is Cc1ccc(-n2nc(C(=O)N3CCN(C)CC3)cc2-c2ccc(N(C)C)cc2)nn1. The van der Waals surface area contributed by atoms with Gasteiger partial charge in [0.25, 0.3) is 5.91 Å². The zero-order valence-electron chi connectivity index (χ0n) is 17.9. The van der Waals surface area contributed by atoms with Gasteiger partial charge in [-0.25, -0.2) is 4.68 Å². The van der Waals surface area contributed by atoms with Crippen LogP contribution in [0.2, 0.25) is 0 Å². The monoisotopic (exact) mass is 405 g/mol. The van der Waals surface area contributed by atoms with Gasteiger partial charge in [0.05, 0.1) is 11.4 Å². The first-order chi connectivity index (χ1) is 14.4. The number of carbonyl (C=O) groups is 1. The van der Waals surface area contributed by atoms with E-state index in [0.29, 0.717) is 24.6 Å². The van der Waals surface area contributed by atoms with Crippen molar-refractivity contribution in [1.29, 1.82) is 0 Å². The van der Waals surface area contributed by atoms with Crippen LogP contribution in [0.25, 0.3) is 17.1 Å². The highest BCUT2D eigenvalue weighted by Gasteiger charge is 2.24. The Balaban J connectivity index is 1.73. The molecule has 1 aliphatic heterocycles. The van der Waals surface area contributed by atoms with Gasteiger partial charge >= 0.3 is 0 Å². The highest BCUT2D eigenvalue weighted by Crippen LogP contribution is 2.26. The number of rotatable bonds is 4. The molecule has 8 heteroatoms. The third kappa shape index (κ3) is 4.04. The molecule has 0 unspecified atom stereocenters. The van der Waals surface area contributed by atoms with E-state index in [1.54, 1.807) is 4.68 Å². The van der Waals surface area contributed by atoms with E-state index in [1.165, 1.54) is 0 Å². The summed E-state index contributed by atoms with van der Waals surface area (Å²) < 4.78 is 1.71. The second kappa shape index (κ2) is 8.23. The van der Waals surface area contributed by atoms with E-state index in [4.69, 9.17) is 0 Å². The molecule has 1 aromatic carbocycles. The lowest BCUT2D eigenvalue weighted by atomic mass is 10.1. The lowest BCUT2D eigenvalue weighted by molar-refractivity contribution is 0.0657. The first-order valence-corrected chi connectivity index (χ1v) is 10.1. The van der Waals surface area contributed by atoms with Crippen molar-refractivity contribution in [3.05, 3.63) is 53.9 Å². The molecule has 1 aliphatic rings. The Hall–Kier alpha value is -3.26. The summed E-state index contributed by atoms with van der Waals surface area (Å²) in [6, 6.07) is 13.8. The highest BCUT2D eigenvalue weighted by molar-refractivity contribution is 5.93. The maximum Gasteiger partial charge on any atom is 0.274 e. The number of amides is 1. The average molecular weight is 406 g/mol. The van der Waals surface area contributed by atoms with Crippen LogP contribution < -0.4 is 4.90 Å². The molecule has 0 saturated carbocycles. The van der Waals surface area contributed by atoms with Gasteiger partial charge in [-0.3, -0.25) is 4.79 Å². The summed E-state index contributed by atoms with van der Waals surface area (Å²) in [5, 5.41) is 13.1. The minimum atomic E-state index is -0.0481. The summed E-state index contributed by atoms with van der Waals surface area (Å²) in [6.07, 6.45) is 0. The first kappa shape index (κ1) is 20.0. The molecule has 8 nitrogen and oxygen atoms in total. The van der Waals surface area contributed by atoms with Gasteiger partial charge in [-0.1, -0.05) is 12.1 Å². The number of benzene rings is 1. The van der Waals surface area contributed by atoms with E-state index in [9.17, 15) is 4.79 Å². The minimum absolute atomic E-state index is 0.0481. The quantitative estimate of drug-likeness (QED) is 0.662. The molecule has 3 aromatic rings. The third-order valence-corrected chi connectivity index (χ3v) is 5.40. The van der Waals surface area contributed by atoms with Crippen molar-refractivity contribution < 1.29 is 4.79 Å². The Labute approximate surface area is 176 Å². The Bertz CT molecular complexity index is 1020. The largest absolute Gasteiger partial charge is 0.378 e. The fraction of sp³-hybridized carbons (Fsp3) is 0.364. The van der Waals surface area contributed by atoms with Crippen LogP contribution in [0, 0.1) is 6.92 Å². The number of carbonyl (C=O) groups excluding carboxylic acids is 1. The molecular formula is C22H27N7O. The molecule has 0 aliphatic carbocycles. The van der Waals surface area contributed by atoms with E-state index >= 15 is 0 Å². The molecule has 156 valence electrons. The third-order valence-electron chi connectivity index (χ3n) is 5.40. The Morgan fingerprint density at radius 2 is 1.67 bits per heavy atom. The van der Waals surface area contributed by atoms with Crippen molar-refractivity contribution in [2.24, 2.45) is 0 Å². The van der Waals surface area contributed by atoms with Gasteiger partial charge in [0.2, 0.25) is 0 Å². The number of aryl methyl sites for hydroxylation is 1. The second-order valence-electron chi connectivity index (χ2n) is 7.90. The number of hydrogen-bond acceptors (Lipinski definition) is 6. The smallest absolute Gasteiger partial charge is 0.274 e. The molecule has 0 N–H and O–H groups in total. The predicted octanol–water partition coefficient (Wildman–Crippen LogP) is 2.09. The van der Waals surface area contributed by atoms with Crippen molar-refractivity contribution in [3.63, 3.8) is 0 Å². The van der Waals surface area contributed by atoms with Crippen molar-refractivity contribution in [2.45, 2.75) is 6.92 Å². The van der Waals surface area contributed by atoms with Crippen LogP contribution in [-0.4, -0.2) is 83.0 Å². The number of hydrogen-bond donors (Lipinski definition) is 0. The number of piperazine rings is 1. The maximum absolute atomic E-state index is 13.1. The maximum atomic E-state index is 13.1. The van der Waals surface area contributed by atoms with Crippen molar-refractivity contribution in [1.82, 2.24) is 29.8 Å². The van der Waals surface area contributed by atoms with Crippen molar-refractivity contribution >= 4 is 11.6 Å². The molecule has 1 amide bonds. The van der Waals surface area contributed by atoms with Crippen LogP contribution in [0.1, 0.15) is 16.2 Å². The van der Waals surface area contributed by atoms with E-state index in [1.807, 2.05) is 56.3 Å².